The quantitative estimate of drug-likeness (QED) is 0.604. The molecule has 30 heavy (non-hydrogen) atoms. The lowest BCUT2D eigenvalue weighted by Crippen LogP contribution is -2.30. The molecule has 5 rings (SSSR count). The fourth-order valence-electron chi connectivity index (χ4n) is 4.95. The number of pyridine rings is 1. The lowest BCUT2D eigenvalue weighted by Gasteiger charge is -2.33. The van der Waals surface area contributed by atoms with Crippen molar-refractivity contribution in [1.29, 1.82) is 0 Å². The maximum Gasteiger partial charge on any atom is 0.130 e. The molecule has 1 aliphatic heterocycles. The lowest BCUT2D eigenvalue weighted by molar-refractivity contribution is 0.287. The molecular weight excluding hydrogens is 366 g/mol. The van der Waals surface area contributed by atoms with Gasteiger partial charge in [-0.2, -0.15) is 0 Å². The highest BCUT2D eigenvalue weighted by atomic mass is 15.1. The third-order valence-electron chi connectivity index (χ3n) is 6.66. The minimum Gasteiger partial charge on any atom is -0.371 e. The molecule has 4 aliphatic rings. The number of piperidine rings is 1. The van der Waals surface area contributed by atoms with Crippen LogP contribution in [0, 0.1) is 5.92 Å². The summed E-state index contributed by atoms with van der Waals surface area (Å²) in [6.45, 7) is 4.74. The molecule has 1 aromatic heterocycles. The first-order chi connectivity index (χ1) is 14.8. The van der Waals surface area contributed by atoms with Gasteiger partial charge in [0.2, 0.25) is 0 Å². The van der Waals surface area contributed by atoms with Crippen molar-refractivity contribution in [2.24, 2.45) is 5.92 Å². The van der Waals surface area contributed by atoms with Crippen LogP contribution in [-0.2, 0) is 0 Å². The highest BCUT2D eigenvalue weighted by molar-refractivity contribution is 5.71. The van der Waals surface area contributed by atoms with E-state index in [1.165, 1.54) is 62.0 Å². The molecule has 1 saturated heterocycles. The van der Waals surface area contributed by atoms with E-state index in [1.807, 2.05) is 6.20 Å². The molecule has 2 fully saturated rings. The number of anilines is 1. The van der Waals surface area contributed by atoms with Gasteiger partial charge >= 0.3 is 0 Å². The van der Waals surface area contributed by atoms with Gasteiger partial charge in [0.25, 0.3) is 0 Å². The van der Waals surface area contributed by atoms with Gasteiger partial charge in [0, 0.05) is 30.7 Å². The Morgan fingerprint density at radius 1 is 1.03 bits per heavy atom. The van der Waals surface area contributed by atoms with Gasteiger partial charge in [0.1, 0.15) is 5.82 Å². The largest absolute Gasteiger partial charge is 0.371 e. The maximum absolute atomic E-state index is 4.56. The number of rotatable bonds is 5. The second-order valence-corrected chi connectivity index (χ2v) is 9.20. The fraction of sp³-hybridized carbons (Fsp3) is 0.444. The molecular formula is C27H33N3. The average Bonchev–Trinajstić information content (AvgIpc) is 3.61. The van der Waals surface area contributed by atoms with E-state index in [4.69, 9.17) is 0 Å². The highest BCUT2D eigenvalue weighted by Gasteiger charge is 2.26. The zero-order valence-electron chi connectivity index (χ0n) is 18.2. The van der Waals surface area contributed by atoms with Gasteiger partial charge in [-0.05, 0) is 97.8 Å². The molecule has 3 aliphatic carbocycles. The third-order valence-corrected chi connectivity index (χ3v) is 6.66. The van der Waals surface area contributed by atoms with Crippen LogP contribution in [0.4, 0.5) is 5.82 Å². The topological polar surface area (TPSA) is 28.2 Å². The van der Waals surface area contributed by atoms with Crippen LogP contribution >= 0.6 is 0 Å². The number of nitrogens with one attached hydrogen (secondary N) is 1. The van der Waals surface area contributed by atoms with Crippen molar-refractivity contribution in [3.63, 3.8) is 0 Å². The Bertz CT molecular complexity index is 948. The average molecular weight is 400 g/mol. The van der Waals surface area contributed by atoms with Gasteiger partial charge in [-0.1, -0.05) is 31.2 Å². The molecule has 156 valence electrons. The lowest BCUT2D eigenvalue weighted by atomic mass is 9.91. The Balaban J connectivity index is 1.33. The molecule has 1 atom stereocenters. The molecule has 0 amide bonds. The molecule has 0 bridgehead atoms. The van der Waals surface area contributed by atoms with E-state index in [0.717, 1.165) is 25.1 Å². The maximum atomic E-state index is 4.56. The van der Waals surface area contributed by atoms with E-state index in [0.29, 0.717) is 5.92 Å². The standard InChI is InChI=1S/C27H33N3/c1-20-6-5-7-25(18-20)29-26-19-24(14-15-28-26)21-8-10-22(11-9-21)27(23-12-13-23)30-16-3-2-4-17-30/h5-8,10,14-15,19-20H,2-4,9,11-13,16-18H2,1H3,(H,28,29). The van der Waals surface area contributed by atoms with Crippen molar-refractivity contribution in [2.75, 3.05) is 18.4 Å². The van der Waals surface area contributed by atoms with E-state index in [2.05, 4.69) is 64.6 Å². The predicted octanol–water partition coefficient (Wildman–Crippen LogP) is 6.61. The summed E-state index contributed by atoms with van der Waals surface area (Å²) in [5.74, 6) is 1.53. The van der Waals surface area contributed by atoms with E-state index >= 15 is 0 Å². The Hall–Kier alpha value is -2.55. The summed E-state index contributed by atoms with van der Waals surface area (Å²) in [4.78, 5) is 7.24. The molecule has 1 unspecified atom stereocenters. The van der Waals surface area contributed by atoms with Crippen molar-refractivity contribution in [2.45, 2.75) is 58.3 Å². The van der Waals surface area contributed by atoms with E-state index < -0.39 is 0 Å². The zero-order valence-corrected chi connectivity index (χ0v) is 18.2. The molecule has 1 saturated carbocycles. The Morgan fingerprint density at radius 2 is 1.90 bits per heavy atom. The van der Waals surface area contributed by atoms with Gasteiger partial charge in [-0.3, -0.25) is 0 Å². The summed E-state index contributed by atoms with van der Waals surface area (Å²) >= 11 is 0. The van der Waals surface area contributed by atoms with Gasteiger partial charge in [0.05, 0.1) is 0 Å². The van der Waals surface area contributed by atoms with Crippen LogP contribution in [0.25, 0.3) is 5.57 Å². The summed E-state index contributed by atoms with van der Waals surface area (Å²) in [6.07, 6.45) is 23.3. The SMILES string of the molecule is CC1C=CC=C(Nc2cc(C3=CC=C(C(=C4CC4)N4CCCCC4)CC3)ccn2)C1. The van der Waals surface area contributed by atoms with Crippen molar-refractivity contribution in [3.05, 3.63) is 76.8 Å². The normalized spacial score (nSPS) is 23.5. The smallest absolute Gasteiger partial charge is 0.130 e. The summed E-state index contributed by atoms with van der Waals surface area (Å²) in [6, 6.07) is 4.36. The van der Waals surface area contributed by atoms with E-state index in [9.17, 15) is 0 Å². The minimum absolute atomic E-state index is 0.583. The first-order valence-corrected chi connectivity index (χ1v) is 11.7. The van der Waals surface area contributed by atoms with Crippen LogP contribution < -0.4 is 5.32 Å². The van der Waals surface area contributed by atoms with E-state index in [-0.39, 0.29) is 0 Å². The summed E-state index contributed by atoms with van der Waals surface area (Å²) < 4.78 is 0. The van der Waals surface area contributed by atoms with Gasteiger partial charge < -0.3 is 10.2 Å². The van der Waals surface area contributed by atoms with Crippen molar-refractivity contribution >= 4 is 11.4 Å². The molecule has 3 nitrogen and oxygen atoms in total. The molecule has 0 aromatic carbocycles. The first-order valence-electron chi connectivity index (χ1n) is 11.7. The highest BCUT2D eigenvalue weighted by Crippen LogP contribution is 2.41. The van der Waals surface area contributed by atoms with Gasteiger partial charge in [-0.15, -0.1) is 0 Å². The molecule has 3 heteroatoms. The molecule has 2 heterocycles. The Kier molecular flexibility index (Phi) is 5.61. The second kappa shape index (κ2) is 8.67. The number of hydrogen-bond acceptors (Lipinski definition) is 3. The van der Waals surface area contributed by atoms with E-state index in [1.54, 1.807) is 16.8 Å². The number of nitrogens with zero attached hydrogens (tertiary/aromatic N) is 2. The van der Waals surface area contributed by atoms with Crippen molar-refractivity contribution < 1.29 is 0 Å². The van der Waals surface area contributed by atoms with Crippen LogP contribution in [0.3, 0.4) is 0 Å². The summed E-state index contributed by atoms with van der Waals surface area (Å²) in [5, 5.41) is 3.53. The first kappa shape index (κ1) is 19.4. The minimum atomic E-state index is 0.583. The molecule has 1 N–H and O–H groups in total. The van der Waals surface area contributed by atoms with Crippen LogP contribution in [0.2, 0.25) is 0 Å². The fourth-order valence-corrected chi connectivity index (χ4v) is 4.95. The van der Waals surface area contributed by atoms with Crippen molar-refractivity contribution in [1.82, 2.24) is 9.88 Å². The monoisotopic (exact) mass is 399 g/mol. The van der Waals surface area contributed by atoms with Crippen LogP contribution in [0.15, 0.2) is 71.2 Å². The summed E-state index contributed by atoms with van der Waals surface area (Å²) in [7, 11) is 0. The molecule has 0 spiro atoms. The van der Waals surface area contributed by atoms with Crippen LogP contribution in [-0.4, -0.2) is 23.0 Å². The Labute approximate surface area is 181 Å². The Morgan fingerprint density at radius 3 is 2.63 bits per heavy atom. The second-order valence-electron chi connectivity index (χ2n) is 9.20. The van der Waals surface area contributed by atoms with Crippen LogP contribution in [0.1, 0.15) is 63.9 Å². The number of hydrogen-bond donors (Lipinski definition) is 1. The van der Waals surface area contributed by atoms with Crippen molar-refractivity contribution in [3.8, 4) is 0 Å². The summed E-state index contributed by atoms with van der Waals surface area (Å²) in [5.41, 5.74) is 8.83. The molecule has 1 aromatic rings. The predicted molar refractivity (Wildman–Crippen MR) is 126 cm³/mol. The molecule has 0 radical (unpaired) electrons. The zero-order chi connectivity index (χ0) is 20.3. The van der Waals surface area contributed by atoms with Gasteiger partial charge in [-0.25, -0.2) is 4.98 Å². The van der Waals surface area contributed by atoms with Crippen LogP contribution in [0.5, 0.6) is 0 Å². The van der Waals surface area contributed by atoms with Gasteiger partial charge in [0.15, 0.2) is 0 Å². The third kappa shape index (κ3) is 4.45. The number of likely N-dealkylation sites (tertiary alicyclic amines) is 1. The number of allylic oxidation sites excluding steroid dienone is 9. The number of aromatic nitrogens is 1.